The van der Waals surface area contributed by atoms with Crippen LogP contribution in [0.2, 0.25) is 5.04 Å². The fraction of sp³-hybridized carbons (Fsp3) is 0.381. The summed E-state index contributed by atoms with van der Waals surface area (Å²) in [4.78, 5) is 11.5. The van der Waals surface area contributed by atoms with Gasteiger partial charge in [0.05, 0.1) is 12.0 Å². The normalized spacial score (nSPS) is 14.8. The minimum Gasteiger partial charge on any atom is -0.481 e. The van der Waals surface area contributed by atoms with Crippen LogP contribution in [0.5, 0.6) is 0 Å². The molecule has 0 heterocycles. The zero-order chi connectivity index (χ0) is 18.7. The summed E-state index contributed by atoms with van der Waals surface area (Å²) in [6, 6.07) is 20.6. The van der Waals surface area contributed by atoms with E-state index in [4.69, 9.17) is 4.43 Å². The van der Waals surface area contributed by atoms with E-state index in [2.05, 4.69) is 45.0 Å². The number of carboxylic acid groups (broad SMARTS) is 1. The minimum absolute atomic E-state index is 0.151. The van der Waals surface area contributed by atoms with Crippen molar-refractivity contribution in [3.63, 3.8) is 0 Å². The first-order valence-electron chi connectivity index (χ1n) is 8.72. The van der Waals surface area contributed by atoms with Crippen molar-refractivity contribution in [2.45, 2.75) is 45.8 Å². The first-order chi connectivity index (χ1) is 11.7. The summed E-state index contributed by atoms with van der Waals surface area (Å²) in [7, 11) is -2.68. The Morgan fingerprint density at radius 1 is 0.920 bits per heavy atom. The molecule has 0 saturated heterocycles. The van der Waals surface area contributed by atoms with E-state index < -0.39 is 20.2 Å². The molecule has 0 radical (unpaired) electrons. The van der Waals surface area contributed by atoms with Crippen LogP contribution in [0.3, 0.4) is 0 Å². The van der Waals surface area contributed by atoms with Crippen LogP contribution in [0.25, 0.3) is 0 Å². The summed E-state index contributed by atoms with van der Waals surface area (Å²) < 4.78 is 6.76. The number of carbonyl (C=O) groups is 1. The second kappa shape index (κ2) is 7.54. The summed E-state index contributed by atoms with van der Waals surface area (Å²) in [5.74, 6) is -1.40. The lowest BCUT2D eigenvalue weighted by Crippen LogP contribution is -2.68. The van der Waals surface area contributed by atoms with E-state index in [0.29, 0.717) is 0 Å². The topological polar surface area (TPSA) is 46.5 Å². The van der Waals surface area contributed by atoms with Crippen LogP contribution in [0, 0.1) is 5.92 Å². The molecule has 0 unspecified atom stereocenters. The zero-order valence-electron chi connectivity index (χ0n) is 15.7. The molecule has 0 aliphatic heterocycles. The minimum atomic E-state index is -2.68. The Balaban J connectivity index is 2.67. The number of aliphatic carboxylic acids is 1. The van der Waals surface area contributed by atoms with E-state index >= 15 is 0 Å². The van der Waals surface area contributed by atoms with Crippen molar-refractivity contribution < 1.29 is 14.3 Å². The van der Waals surface area contributed by atoms with Crippen molar-refractivity contribution in [2.75, 3.05) is 0 Å². The lowest BCUT2D eigenvalue weighted by atomic mass is 10.1. The summed E-state index contributed by atoms with van der Waals surface area (Å²) in [5, 5.41) is 11.6. The van der Waals surface area contributed by atoms with Gasteiger partial charge in [-0.25, -0.2) is 0 Å². The fourth-order valence-electron chi connectivity index (χ4n) is 3.27. The standard InChI is InChI=1S/C21H28O3Si/c1-16(20(22)23)17(2)24-25(21(3,4)5,18-12-8-6-9-13-18)19-14-10-7-11-15-19/h6-17H,1-5H3,(H,22,23)/t16-,17-/m0/s1. The van der Waals surface area contributed by atoms with Crippen molar-refractivity contribution >= 4 is 24.7 Å². The summed E-state index contributed by atoms with van der Waals surface area (Å²) in [5.41, 5.74) is 0. The van der Waals surface area contributed by atoms with Crippen LogP contribution in [-0.2, 0) is 9.22 Å². The Labute approximate surface area is 151 Å². The largest absolute Gasteiger partial charge is 0.481 e. The average molecular weight is 357 g/mol. The third-order valence-corrected chi connectivity index (χ3v) is 10.0. The maximum Gasteiger partial charge on any atom is 0.308 e. The molecule has 0 aliphatic carbocycles. The van der Waals surface area contributed by atoms with Crippen LogP contribution < -0.4 is 10.4 Å². The van der Waals surface area contributed by atoms with Gasteiger partial charge in [0, 0.05) is 0 Å². The van der Waals surface area contributed by atoms with E-state index in [1.165, 1.54) is 0 Å². The van der Waals surface area contributed by atoms with Crippen LogP contribution in [0.15, 0.2) is 60.7 Å². The Morgan fingerprint density at radius 3 is 1.64 bits per heavy atom. The molecule has 0 aromatic heterocycles. The maximum absolute atomic E-state index is 11.5. The molecule has 25 heavy (non-hydrogen) atoms. The van der Waals surface area contributed by atoms with Gasteiger partial charge in [0.1, 0.15) is 0 Å². The molecule has 0 aliphatic rings. The number of hydrogen-bond acceptors (Lipinski definition) is 2. The van der Waals surface area contributed by atoms with Crippen LogP contribution in [-0.4, -0.2) is 25.5 Å². The third kappa shape index (κ3) is 3.85. The van der Waals surface area contributed by atoms with E-state index in [9.17, 15) is 9.90 Å². The number of carboxylic acids is 1. The summed E-state index contributed by atoms with van der Waals surface area (Å²) >= 11 is 0. The van der Waals surface area contributed by atoms with Gasteiger partial charge in [-0.15, -0.1) is 0 Å². The first kappa shape index (κ1) is 19.4. The molecule has 2 aromatic carbocycles. The smallest absolute Gasteiger partial charge is 0.308 e. The molecule has 1 N–H and O–H groups in total. The summed E-state index contributed by atoms with van der Waals surface area (Å²) in [6.45, 7) is 10.2. The van der Waals surface area contributed by atoms with Gasteiger partial charge < -0.3 is 9.53 Å². The van der Waals surface area contributed by atoms with Crippen LogP contribution in [0.4, 0.5) is 0 Å². The van der Waals surface area contributed by atoms with Gasteiger partial charge >= 0.3 is 5.97 Å². The van der Waals surface area contributed by atoms with Crippen molar-refractivity contribution in [2.24, 2.45) is 5.92 Å². The molecule has 0 fully saturated rings. The lowest BCUT2D eigenvalue weighted by molar-refractivity contribution is -0.144. The first-order valence-corrected chi connectivity index (χ1v) is 10.6. The zero-order valence-corrected chi connectivity index (χ0v) is 16.7. The molecular formula is C21H28O3Si. The molecule has 3 nitrogen and oxygen atoms in total. The highest BCUT2D eigenvalue weighted by Gasteiger charge is 2.51. The van der Waals surface area contributed by atoms with E-state index in [0.717, 1.165) is 10.4 Å². The van der Waals surface area contributed by atoms with Crippen LogP contribution in [0.1, 0.15) is 34.6 Å². The monoisotopic (exact) mass is 356 g/mol. The number of rotatable bonds is 6. The summed E-state index contributed by atoms with van der Waals surface area (Å²) in [6.07, 6.45) is -0.385. The van der Waals surface area contributed by atoms with Gasteiger partial charge in [0.2, 0.25) is 0 Å². The molecule has 2 rings (SSSR count). The van der Waals surface area contributed by atoms with Gasteiger partial charge in [-0.1, -0.05) is 81.4 Å². The van der Waals surface area contributed by atoms with Gasteiger partial charge in [-0.2, -0.15) is 0 Å². The third-order valence-electron chi connectivity index (χ3n) is 4.87. The van der Waals surface area contributed by atoms with Gasteiger partial charge in [-0.3, -0.25) is 4.79 Å². The van der Waals surface area contributed by atoms with Crippen LogP contribution >= 0.6 is 0 Å². The highest BCUT2D eigenvalue weighted by molar-refractivity contribution is 6.99. The van der Waals surface area contributed by atoms with Crippen molar-refractivity contribution in [3.05, 3.63) is 60.7 Å². The molecule has 2 atom stereocenters. The van der Waals surface area contributed by atoms with Crippen molar-refractivity contribution in [1.29, 1.82) is 0 Å². The van der Waals surface area contributed by atoms with E-state index in [1.807, 2.05) is 43.3 Å². The molecule has 0 saturated carbocycles. The van der Waals surface area contributed by atoms with E-state index in [1.54, 1.807) is 6.92 Å². The van der Waals surface area contributed by atoms with Crippen molar-refractivity contribution in [3.8, 4) is 0 Å². The second-order valence-corrected chi connectivity index (χ2v) is 11.9. The molecular weight excluding hydrogens is 328 g/mol. The Hall–Kier alpha value is -1.91. The quantitative estimate of drug-likeness (QED) is 0.803. The average Bonchev–Trinajstić information content (AvgIpc) is 2.59. The second-order valence-electron chi connectivity index (χ2n) is 7.61. The molecule has 0 spiro atoms. The van der Waals surface area contributed by atoms with Crippen molar-refractivity contribution in [1.82, 2.24) is 0 Å². The maximum atomic E-state index is 11.5. The number of hydrogen-bond donors (Lipinski definition) is 1. The molecule has 0 amide bonds. The fourth-order valence-corrected chi connectivity index (χ4v) is 8.05. The highest BCUT2D eigenvalue weighted by Crippen LogP contribution is 2.38. The van der Waals surface area contributed by atoms with Gasteiger partial charge in [0.25, 0.3) is 8.32 Å². The predicted molar refractivity (Wildman–Crippen MR) is 105 cm³/mol. The Morgan fingerprint density at radius 2 is 1.32 bits per heavy atom. The van der Waals surface area contributed by atoms with E-state index in [-0.39, 0.29) is 11.1 Å². The van der Waals surface area contributed by atoms with Gasteiger partial charge in [-0.05, 0) is 29.3 Å². The Kier molecular flexibility index (Phi) is 5.86. The van der Waals surface area contributed by atoms with Gasteiger partial charge in [0.15, 0.2) is 0 Å². The highest BCUT2D eigenvalue weighted by atomic mass is 28.4. The molecule has 4 heteroatoms. The molecule has 134 valence electrons. The molecule has 0 bridgehead atoms. The SMILES string of the molecule is C[C@H](O[Si](c1ccccc1)(c1ccccc1)C(C)(C)C)[C@H](C)C(=O)O. The number of benzene rings is 2. The lowest BCUT2D eigenvalue weighted by Gasteiger charge is -2.45. The Bertz CT molecular complexity index is 653. The predicted octanol–water partition coefficient (Wildman–Crippen LogP) is 3.67. The molecule has 2 aromatic rings.